The van der Waals surface area contributed by atoms with Crippen molar-refractivity contribution in [1.82, 2.24) is 15.5 Å². The van der Waals surface area contributed by atoms with Crippen molar-refractivity contribution >= 4 is 29.9 Å². The Labute approximate surface area is 189 Å². The van der Waals surface area contributed by atoms with Gasteiger partial charge in [-0.25, -0.2) is 4.99 Å². The van der Waals surface area contributed by atoms with Crippen molar-refractivity contribution in [2.45, 2.75) is 66.1 Å². The lowest BCUT2D eigenvalue weighted by Gasteiger charge is -2.22. The van der Waals surface area contributed by atoms with E-state index in [1.807, 2.05) is 0 Å². The minimum Gasteiger partial charge on any atom is -0.396 e. The summed E-state index contributed by atoms with van der Waals surface area (Å²) in [6.45, 7) is 12.2. The van der Waals surface area contributed by atoms with Crippen LogP contribution in [-0.4, -0.2) is 48.8 Å². The molecule has 1 rings (SSSR count). The lowest BCUT2D eigenvalue weighted by molar-refractivity contribution is 0.251. The number of guanidine groups is 1. The van der Waals surface area contributed by atoms with E-state index in [0.717, 1.165) is 44.9 Å². The average Bonchev–Trinajstić information content (AvgIpc) is 2.65. The third-order valence-corrected chi connectivity index (χ3v) is 4.96. The summed E-state index contributed by atoms with van der Waals surface area (Å²) < 4.78 is 0. The quantitative estimate of drug-likeness (QED) is 0.229. The van der Waals surface area contributed by atoms with Crippen molar-refractivity contribution < 1.29 is 5.11 Å². The Morgan fingerprint density at radius 2 is 1.79 bits per heavy atom. The molecule has 0 aliphatic rings. The van der Waals surface area contributed by atoms with E-state index in [0.29, 0.717) is 18.5 Å². The number of aliphatic hydroxyl groups is 1. The summed E-state index contributed by atoms with van der Waals surface area (Å²) in [6.07, 6.45) is 3.10. The maximum Gasteiger partial charge on any atom is 0.191 e. The van der Waals surface area contributed by atoms with Crippen LogP contribution in [0.25, 0.3) is 0 Å². The van der Waals surface area contributed by atoms with Crippen molar-refractivity contribution in [2.75, 3.05) is 26.7 Å². The zero-order chi connectivity index (χ0) is 20.1. The second kappa shape index (κ2) is 16.0. The fourth-order valence-electron chi connectivity index (χ4n) is 3.00. The predicted molar refractivity (Wildman–Crippen MR) is 131 cm³/mol. The fourth-order valence-corrected chi connectivity index (χ4v) is 3.00. The van der Waals surface area contributed by atoms with E-state index < -0.39 is 0 Å². The van der Waals surface area contributed by atoms with Crippen LogP contribution in [0, 0.1) is 5.92 Å². The van der Waals surface area contributed by atoms with Gasteiger partial charge >= 0.3 is 0 Å². The van der Waals surface area contributed by atoms with Gasteiger partial charge in [-0.1, -0.05) is 37.6 Å². The number of aliphatic hydroxyl groups excluding tert-OH is 1. The molecule has 0 aliphatic carbocycles. The van der Waals surface area contributed by atoms with Crippen LogP contribution in [-0.2, 0) is 13.1 Å². The molecule has 0 radical (unpaired) electrons. The molecule has 0 saturated heterocycles. The molecule has 5 nitrogen and oxygen atoms in total. The highest BCUT2D eigenvalue weighted by Gasteiger charge is 2.10. The van der Waals surface area contributed by atoms with Gasteiger partial charge in [0.25, 0.3) is 0 Å². The smallest absolute Gasteiger partial charge is 0.191 e. The van der Waals surface area contributed by atoms with Crippen molar-refractivity contribution in [1.29, 1.82) is 0 Å². The number of aliphatic imine (C=N–C) groups is 1. The summed E-state index contributed by atoms with van der Waals surface area (Å²) in [6, 6.07) is 9.07. The van der Waals surface area contributed by atoms with E-state index >= 15 is 0 Å². The van der Waals surface area contributed by atoms with Crippen LogP contribution in [0.3, 0.4) is 0 Å². The Balaban J connectivity index is 0.00000729. The van der Waals surface area contributed by atoms with Crippen molar-refractivity contribution in [3.63, 3.8) is 0 Å². The second-order valence-corrected chi connectivity index (χ2v) is 7.52. The zero-order valence-corrected chi connectivity index (χ0v) is 20.7. The Morgan fingerprint density at radius 1 is 1.11 bits per heavy atom. The predicted octanol–water partition coefficient (Wildman–Crippen LogP) is 4.00. The van der Waals surface area contributed by atoms with Crippen LogP contribution < -0.4 is 10.6 Å². The monoisotopic (exact) mass is 504 g/mol. The Morgan fingerprint density at radius 3 is 2.36 bits per heavy atom. The summed E-state index contributed by atoms with van der Waals surface area (Å²) in [5.41, 5.74) is 2.60. The van der Waals surface area contributed by atoms with Gasteiger partial charge in [-0.05, 0) is 57.7 Å². The summed E-state index contributed by atoms with van der Waals surface area (Å²) in [4.78, 5) is 7.15. The molecule has 0 bridgehead atoms. The molecule has 6 heteroatoms. The fraction of sp³-hybridized carbons (Fsp3) is 0.682. The molecule has 162 valence electrons. The summed E-state index contributed by atoms with van der Waals surface area (Å²) in [5.74, 6) is 1.33. The number of hydrogen-bond donors (Lipinski definition) is 3. The molecule has 0 spiro atoms. The average molecular weight is 505 g/mol. The Kier molecular flexibility index (Phi) is 15.5. The van der Waals surface area contributed by atoms with Crippen LogP contribution in [0.1, 0.15) is 58.1 Å². The third kappa shape index (κ3) is 10.6. The molecule has 0 heterocycles. The van der Waals surface area contributed by atoms with Gasteiger partial charge in [0.1, 0.15) is 0 Å². The van der Waals surface area contributed by atoms with Gasteiger partial charge in [-0.3, -0.25) is 4.90 Å². The normalized spacial score (nSPS) is 12.8. The molecule has 3 N–H and O–H groups in total. The molecule has 0 fully saturated rings. The van der Waals surface area contributed by atoms with E-state index in [2.05, 4.69) is 74.5 Å². The minimum atomic E-state index is 0. The first-order valence-electron chi connectivity index (χ1n) is 10.4. The molecule has 0 aromatic heterocycles. The van der Waals surface area contributed by atoms with E-state index in [-0.39, 0.29) is 30.6 Å². The first-order valence-corrected chi connectivity index (χ1v) is 10.4. The van der Waals surface area contributed by atoms with Gasteiger partial charge in [0.05, 0.1) is 6.54 Å². The topological polar surface area (TPSA) is 59.9 Å². The molecule has 28 heavy (non-hydrogen) atoms. The standard InChI is InChI=1S/C22H40N4O.HI/c1-6-10-19(13-14-27)15-24-22(23-7-2)25-16-20-11-8-9-12-21(20)17-26(5)18(3)4;/h8-9,11-12,18-19,27H,6-7,10,13-17H2,1-5H3,(H2,23,24,25);1H. The molecule has 0 aliphatic heterocycles. The van der Waals surface area contributed by atoms with E-state index in [4.69, 9.17) is 4.99 Å². The number of hydrogen-bond acceptors (Lipinski definition) is 3. The van der Waals surface area contributed by atoms with Gasteiger partial charge in [-0.2, -0.15) is 0 Å². The van der Waals surface area contributed by atoms with Crippen molar-refractivity contribution in [3.8, 4) is 0 Å². The molecular weight excluding hydrogens is 463 g/mol. The van der Waals surface area contributed by atoms with Crippen LogP contribution in [0.5, 0.6) is 0 Å². The SMILES string of the molecule is CCCC(CCO)CNC(=NCc1ccccc1CN(C)C(C)C)NCC.I. The highest BCUT2D eigenvalue weighted by atomic mass is 127. The highest BCUT2D eigenvalue weighted by molar-refractivity contribution is 14.0. The molecule has 1 unspecified atom stereocenters. The van der Waals surface area contributed by atoms with Gasteiger partial charge in [-0.15, -0.1) is 24.0 Å². The summed E-state index contributed by atoms with van der Waals surface area (Å²) in [5, 5.41) is 16.0. The molecule has 1 aromatic carbocycles. The summed E-state index contributed by atoms with van der Waals surface area (Å²) in [7, 11) is 2.16. The molecule has 1 aromatic rings. The first kappa shape index (κ1) is 27.1. The Hall–Kier alpha value is -0.860. The minimum absolute atomic E-state index is 0. The van der Waals surface area contributed by atoms with Gasteiger partial charge in [0, 0.05) is 32.3 Å². The van der Waals surface area contributed by atoms with E-state index in [1.165, 1.54) is 11.1 Å². The Bertz CT molecular complexity index is 545. The molecule has 0 amide bonds. The maximum absolute atomic E-state index is 9.25. The lowest BCUT2D eigenvalue weighted by Crippen LogP contribution is -2.40. The number of nitrogens with zero attached hydrogens (tertiary/aromatic N) is 2. The van der Waals surface area contributed by atoms with Crippen LogP contribution >= 0.6 is 24.0 Å². The highest BCUT2D eigenvalue weighted by Crippen LogP contribution is 2.14. The van der Waals surface area contributed by atoms with Gasteiger partial charge in [0.2, 0.25) is 0 Å². The largest absolute Gasteiger partial charge is 0.396 e. The zero-order valence-electron chi connectivity index (χ0n) is 18.4. The first-order chi connectivity index (χ1) is 13.0. The summed E-state index contributed by atoms with van der Waals surface area (Å²) >= 11 is 0. The number of nitrogens with one attached hydrogen (secondary N) is 2. The van der Waals surface area contributed by atoms with Crippen molar-refractivity contribution in [3.05, 3.63) is 35.4 Å². The lowest BCUT2D eigenvalue weighted by atomic mass is 10.0. The van der Waals surface area contributed by atoms with Gasteiger partial charge in [0.15, 0.2) is 5.96 Å². The van der Waals surface area contributed by atoms with Gasteiger partial charge < -0.3 is 15.7 Å². The van der Waals surface area contributed by atoms with Crippen LogP contribution in [0.2, 0.25) is 0 Å². The van der Waals surface area contributed by atoms with E-state index in [9.17, 15) is 5.11 Å². The second-order valence-electron chi connectivity index (χ2n) is 7.52. The molecule has 1 atom stereocenters. The number of benzene rings is 1. The van der Waals surface area contributed by atoms with Crippen LogP contribution in [0.15, 0.2) is 29.3 Å². The van der Waals surface area contributed by atoms with Crippen molar-refractivity contribution in [2.24, 2.45) is 10.9 Å². The third-order valence-electron chi connectivity index (χ3n) is 4.96. The van der Waals surface area contributed by atoms with E-state index in [1.54, 1.807) is 0 Å². The number of rotatable bonds is 12. The number of halogens is 1. The van der Waals surface area contributed by atoms with Crippen LogP contribution in [0.4, 0.5) is 0 Å². The molecule has 0 saturated carbocycles. The molecular formula is C22H41IN4O. The maximum atomic E-state index is 9.25.